The van der Waals surface area contributed by atoms with Gasteiger partial charge in [-0.3, -0.25) is 4.98 Å². The molecule has 0 radical (unpaired) electrons. The first-order chi connectivity index (χ1) is 7.90. The van der Waals surface area contributed by atoms with E-state index in [0.717, 1.165) is 30.2 Å². The average Bonchev–Trinajstić information content (AvgIpc) is 2.81. The molecule has 0 saturated heterocycles. The molecular weight excluding hydrogens is 218 g/mol. The Morgan fingerprint density at radius 1 is 1.31 bits per heavy atom. The lowest BCUT2D eigenvalue weighted by Gasteiger charge is -2.13. The second-order valence-corrected chi connectivity index (χ2v) is 5.59. The molecule has 86 valence electrons. The zero-order valence-electron chi connectivity index (χ0n) is 9.47. The van der Waals surface area contributed by atoms with Gasteiger partial charge in [0.25, 0.3) is 0 Å². The van der Waals surface area contributed by atoms with Crippen LogP contribution in [-0.4, -0.2) is 11.6 Å². The van der Waals surface area contributed by atoms with Crippen molar-refractivity contribution < 1.29 is 4.74 Å². The highest BCUT2D eigenvalue weighted by Gasteiger charge is 2.08. The maximum absolute atomic E-state index is 5.70. The number of aromatic nitrogens is 1. The molecule has 1 aromatic heterocycles. The van der Waals surface area contributed by atoms with Crippen molar-refractivity contribution in [1.29, 1.82) is 0 Å². The molecule has 0 saturated carbocycles. The first-order valence-electron chi connectivity index (χ1n) is 5.57. The summed E-state index contributed by atoms with van der Waals surface area (Å²) in [5.74, 6) is 1.93. The largest absolute Gasteiger partial charge is 0.492 e. The van der Waals surface area contributed by atoms with E-state index in [1.807, 2.05) is 18.3 Å². The lowest BCUT2D eigenvalue weighted by molar-refractivity contribution is 0.313. The molecule has 0 bridgehead atoms. The Morgan fingerprint density at radius 3 is 2.88 bits per heavy atom. The molecule has 2 nitrogen and oxygen atoms in total. The predicted octanol–water partition coefficient (Wildman–Crippen LogP) is 3.41. The number of pyridine rings is 1. The topological polar surface area (TPSA) is 22.1 Å². The van der Waals surface area contributed by atoms with Gasteiger partial charge in [-0.05, 0) is 29.4 Å². The van der Waals surface area contributed by atoms with Gasteiger partial charge in [0, 0.05) is 11.9 Å². The van der Waals surface area contributed by atoms with Crippen LogP contribution in [0, 0.1) is 0 Å². The molecule has 0 fully saturated rings. The van der Waals surface area contributed by atoms with E-state index in [4.69, 9.17) is 4.74 Å². The molecule has 0 amide bonds. The lowest BCUT2D eigenvalue weighted by Crippen LogP contribution is -2.00. The fourth-order valence-electron chi connectivity index (χ4n) is 1.53. The minimum atomic E-state index is -0.156. The molecule has 1 aromatic rings. The minimum Gasteiger partial charge on any atom is -0.492 e. The molecule has 0 atom stereocenters. The van der Waals surface area contributed by atoms with Crippen molar-refractivity contribution in [3.63, 3.8) is 0 Å². The standard InChI is InChI=1S/C13H17NOS/c1-2-8-15-13-6-5-7-14-12(13)11-16-9-3-4-10-16/h3-7,9-10,16H,2,8,11H2,1H3. The highest BCUT2D eigenvalue weighted by atomic mass is 32.2. The molecule has 2 rings (SSSR count). The van der Waals surface area contributed by atoms with E-state index >= 15 is 0 Å². The van der Waals surface area contributed by atoms with Crippen LogP contribution in [0.25, 0.3) is 0 Å². The molecule has 1 aliphatic rings. The van der Waals surface area contributed by atoms with E-state index in [1.165, 1.54) is 0 Å². The summed E-state index contributed by atoms with van der Waals surface area (Å²) >= 11 is 0. The van der Waals surface area contributed by atoms with Crippen LogP contribution in [0.15, 0.2) is 41.3 Å². The maximum Gasteiger partial charge on any atom is 0.141 e. The summed E-state index contributed by atoms with van der Waals surface area (Å²) in [4.78, 5) is 4.42. The molecule has 0 unspecified atom stereocenters. The molecule has 0 aliphatic carbocycles. The van der Waals surface area contributed by atoms with Crippen LogP contribution in [0.1, 0.15) is 19.0 Å². The van der Waals surface area contributed by atoms with Gasteiger partial charge in [0.2, 0.25) is 0 Å². The molecule has 0 N–H and O–H groups in total. The third-order valence-electron chi connectivity index (χ3n) is 2.31. The third kappa shape index (κ3) is 2.89. The maximum atomic E-state index is 5.70. The van der Waals surface area contributed by atoms with Crippen LogP contribution in [-0.2, 0) is 5.75 Å². The molecule has 1 aliphatic heterocycles. The molecule has 0 aromatic carbocycles. The van der Waals surface area contributed by atoms with Gasteiger partial charge in [-0.2, -0.15) is 0 Å². The predicted molar refractivity (Wildman–Crippen MR) is 71.0 cm³/mol. The Bertz CT molecular complexity index is 389. The minimum absolute atomic E-state index is 0.156. The average molecular weight is 235 g/mol. The first-order valence-corrected chi connectivity index (χ1v) is 7.24. The van der Waals surface area contributed by atoms with Crippen LogP contribution in [0.2, 0.25) is 0 Å². The van der Waals surface area contributed by atoms with E-state index in [0.29, 0.717) is 0 Å². The van der Waals surface area contributed by atoms with Gasteiger partial charge in [0.1, 0.15) is 5.75 Å². The van der Waals surface area contributed by atoms with Gasteiger partial charge in [-0.1, -0.05) is 19.1 Å². The van der Waals surface area contributed by atoms with Gasteiger partial charge >= 0.3 is 0 Å². The van der Waals surface area contributed by atoms with E-state index in [1.54, 1.807) is 0 Å². The quantitative estimate of drug-likeness (QED) is 0.790. The molecule has 2 heterocycles. The molecular formula is C13H17NOS. The van der Waals surface area contributed by atoms with Crippen LogP contribution in [0.3, 0.4) is 0 Å². The highest BCUT2D eigenvalue weighted by Crippen LogP contribution is 2.38. The Labute approximate surface area is 99.4 Å². The summed E-state index contributed by atoms with van der Waals surface area (Å²) in [6.45, 7) is 2.88. The highest BCUT2D eigenvalue weighted by molar-refractivity contribution is 8.21. The molecule has 0 spiro atoms. The fraction of sp³-hybridized carbons (Fsp3) is 0.308. The van der Waals surface area contributed by atoms with Gasteiger partial charge in [0.15, 0.2) is 0 Å². The van der Waals surface area contributed by atoms with Gasteiger partial charge < -0.3 is 4.74 Å². The van der Waals surface area contributed by atoms with E-state index in [9.17, 15) is 0 Å². The summed E-state index contributed by atoms with van der Waals surface area (Å²) < 4.78 is 5.70. The van der Waals surface area contributed by atoms with Crippen molar-refractivity contribution >= 4 is 10.9 Å². The Balaban J connectivity index is 2.06. The second-order valence-electron chi connectivity index (χ2n) is 3.65. The van der Waals surface area contributed by atoms with Crippen molar-refractivity contribution in [3.05, 3.63) is 47.0 Å². The Hall–Kier alpha value is -1.22. The summed E-state index contributed by atoms with van der Waals surface area (Å²) in [5.41, 5.74) is 1.08. The summed E-state index contributed by atoms with van der Waals surface area (Å²) in [6, 6.07) is 3.94. The summed E-state index contributed by atoms with van der Waals surface area (Å²) in [7, 11) is -0.156. The van der Waals surface area contributed by atoms with E-state index in [2.05, 4.69) is 34.9 Å². The number of allylic oxidation sites excluding steroid dienone is 2. The number of hydrogen-bond donors (Lipinski definition) is 1. The third-order valence-corrected chi connectivity index (χ3v) is 4.08. The molecule has 3 heteroatoms. The van der Waals surface area contributed by atoms with Crippen molar-refractivity contribution in [1.82, 2.24) is 4.98 Å². The smallest absolute Gasteiger partial charge is 0.141 e. The normalized spacial score (nSPS) is 15.7. The zero-order chi connectivity index (χ0) is 11.2. The van der Waals surface area contributed by atoms with Crippen LogP contribution < -0.4 is 4.74 Å². The Morgan fingerprint density at radius 2 is 2.12 bits per heavy atom. The van der Waals surface area contributed by atoms with Crippen LogP contribution in [0.4, 0.5) is 0 Å². The SMILES string of the molecule is CCCOc1cccnc1C[SH]1C=CC=C1. The van der Waals surface area contributed by atoms with Gasteiger partial charge in [-0.25, -0.2) is 10.9 Å². The van der Waals surface area contributed by atoms with Crippen LogP contribution >= 0.6 is 10.9 Å². The van der Waals surface area contributed by atoms with E-state index in [-0.39, 0.29) is 10.9 Å². The number of rotatable bonds is 5. The van der Waals surface area contributed by atoms with Gasteiger partial charge in [0.05, 0.1) is 12.3 Å². The number of thiol groups is 1. The van der Waals surface area contributed by atoms with Gasteiger partial charge in [-0.15, -0.1) is 0 Å². The lowest BCUT2D eigenvalue weighted by atomic mass is 10.3. The number of nitrogens with zero attached hydrogens (tertiary/aromatic N) is 1. The monoisotopic (exact) mass is 235 g/mol. The first kappa shape index (κ1) is 11.3. The zero-order valence-corrected chi connectivity index (χ0v) is 10.4. The summed E-state index contributed by atoms with van der Waals surface area (Å²) in [5, 5.41) is 4.52. The Kier molecular flexibility index (Phi) is 4.05. The van der Waals surface area contributed by atoms with Crippen LogP contribution in [0.5, 0.6) is 5.75 Å². The van der Waals surface area contributed by atoms with E-state index < -0.39 is 0 Å². The molecule has 16 heavy (non-hydrogen) atoms. The number of hydrogen-bond acceptors (Lipinski definition) is 2. The second kappa shape index (κ2) is 5.75. The van der Waals surface area contributed by atoms with Crippen molar-refractivity contribution in [2.75, 3.05) is 6.61 Å². The van der Waals surface area contributed by atoms with Crippen molar-refractivity contribution in [2.45, 2.75) is 19.1 Å². The number of ether oxygens (including phenoxy) is 1. The van der Waals surface area contributed by atoms with Crippen molar-refractivity contribution in [2.24, 2.45) is 0 Å². The fourth-order valence-corrected chi connectivity index (χ4v) is 3.07. The summed E-state index contributed by atoms with van der Waals surface area (Å²) in [6.07, 6.45) is 7.10. The van der Waals surface area contributed by atoms with Crippen molar-refractivity contribution in [3.8, 4) is 5.75 Å².